The molecule has 90 valence electrons. The summed E-state index contributed by atoms with van der Waals surface area (Å²) in [6.07, 6.45) is 4.47. The molecule has 1 aromatic carbocycles. The number of ether oxygens (including phenoxy) is 2. The van der Waals surface area contributed by atoms with Crippen molar-refractivity contribution in [1.82, 2.24) is 0 Å². The Morgan fingerprint density at radius 2 is 1.94 bits per heavy atom. The minimum absolute atomic E-state index is 0.0413. The smallest absolute Gasteiger partial charge is 0.303 e. The second-order valence-corrected chi connectivity index (χ2v) is 4.10. The van der Waals surface area contributed by atoms with Gasteiger partial charge in [0.1, 0.15) is 6.10 Å². The van der Waals surface area contributed by atoms with Crippen molar-refractivity contribution in [2.24, 2.45) is 0 Å². The van der Waals surface area contributed by atoms with Crippen LogP contribution in [0.25, 0.3) is 0 Å². The third kappa shape index (κ3) is 3.71. The minimum atomic E-state index is -0.247. The van der Waals surface area contributed by atoms with E-state index in [1.807, 2.05) is 42.5 Å². The molecule has 17 heavy (non-hydrogen) atoms. The number of hydrogen-bond donors (Lipinski definition) is 0. The highest BCUT2D eigenvalue weighted by Gasteiger charge is 2.21. The molecule has 0 bridgehead atoms. The van der Waals surface area contributed by atoms with Crippen molar-refractivity contribution in [3.8, 4) is 0 Å². The Morgan fingerprint density at radius 1 is 1.24 bits per heavy atom. The van der Waals surface area contributed by atoms with Crippen LogP contribution in [0.3, 0.4) is 0 Å². The van der Waals surface area contributed by atoms with Crippen LogP contribution in [0.15, 0.2) is 42.5 Å². The summed E-state index contributed by atoms with van der Waals surface area (Å²) < 4.78 is 10.8. The maximum Gasteiger partial charge on any atom is 0.303 e. The van der Waals surface area contributed by atoms with Gasteiger partial charge in [0, 0.05) is 13.3 Å². The van der Waals surface area contributed by atoms with Gasteiger partial charge in [-0.2, -0.15) is 0 Å². The normalized spacial score (nSPS) is 22.6. The number of carbonyl (C=O) groups excluding carboxylic acids is 1. The highest BCUT2D eigenvalue weighted by molar-refractivity contribution is 5.66. The average molecular weight is 232 g/mol. The average Bonchev–Trinajstić information content (AvgIpc) is 2.75. The van der Waals surface area contributed by atoms with Crippen molar-refractivity contribution in [3.63, 3.8) is 0 Å². The van der Waals surface area contributed by atoms with E-state index in [9.17, 15) is 4.79 Å². The van der Waals surface area contributed by atoms with Crippen LogP contribution in [-0.4, -0.2) is 18.2 Å². The highest BCUT2D eigenvalue weighted by Crippen LogP contribution is 2.18. The van der Waals surface area contributed by atoms with Gasteiger partial charge in [-0.05, 0) is 11.6 Å². The van der Waals surface area contributed by atoms with E-state index in [0.29, 0.717) is 13.0 Å². The van der Waals surface area contributed by atoms with Crippen LogP contribution in [0, 0.1) is 0 Å². The van der Waals surface area contributed by atoms with Crippen LogP contribution in [0.1, 0.15) is 18.9 Å². The van der Waals surface area contributed by atoms with Crippen molar-refractivity contribution in [3.05, 3.63) is 48.0 Å². The topological polar surface area (TPSA) is 35.5 Å². The van der Waals surface area contributed by atoms with Gasteiger partial charge in [0.15, 0.2) is 0 Å². The van der Waals surface area contributed by atoms with E-state index >= 15 is 0 Å². The predicted octanol–water partition coefficient (Wildman–Crippen LogP) is 2.46. The highest BCUT2D eigenvalue weighted by atomic mass is 16.5. The number of hydrogen-bond acceptors (Lipinski definition) is 3. The Balaban J connectivity index is 1.76. The van der Waals surface area contributed by atoms with E-state index in [0.717, 1.165) is 5.56 Å². The molecule has 0 N–H and O–H groups in total. The molecule has 0 radical (unpaired) electrons. The molecule has 0 fully saturated rings. The quantitative estimate of drug-likeness (QED) is 0.591. The molecule has 1 aliphatic carbocycles. The van der Waals surface area contributed by atoms with E-state index < -0.39 is 0 Å². The Morgan fingerprint density at radius 3 is 2.65 bits per heavy atom. The first-order valence-corrected chi connectivity index (χ1v) is 5.75. The van der Waals surface area contributed by atoms with E-state index in [4.69, 9.17) is 9.47 Å². The summed E-state index contributed by atoms with van der Waals surface area (Å²) in [5.41, 5.74) is 1.15. The molecule has 3 nitrogen and oxygen atoms in total. The van der Waals surface area contributed by atoms with Gasteiger partial charge < -0.3 is 9.47 Å². The third-order valence-corrected chi connectivity index (χ3v) is 2.63. The van der Waals surface area contributed by atoms with Gasteiger partial charge in [0.05, 0.1) is 12.7 Å². The fourth-order valence-corrected chi connectivity index (χ4v) is 1.84. The van der Waals surface area contributed by atoms with Crippen molar-refractivity contribution in [2.75, 3.05) is 0 Å². The maximum atomic E-state index is 10.8. The summed E-state index contributed by atoms with van der Waals surface area (Å²) in [7, 11) is 0. The van der Waals surface area contributed by atoms with Gasteiger partial charge in [-0.15, -0.1) is 0 Å². The second kappa shape index (κ2) is 5.64. The van der Waals surface area contributed by atoms with Crippen LogP contribution >= 0.6 is 0 Å². The van der Waals surface area contributed by atoms with Crippen molar-refractivity contribution in [1.29, 1.82) is 0 Å². The lowest BCUT2D eigenvalue weighted by molar-refractivity contribution is -0.144. The summed E-state index contributed by atoms with van der Waals surface area (Å²) in [5, 5.41) is 0. The lowest BCUT2D eigenvalue weighted by atomic mass is 10.2. The first-order valence-electron chi connectivity index (χ1n) is 5.75. The summed E-state index contributed by atoms with van der Waals surface area (Å²) >= 11 is 0. The third-order valence-electron chi connectivity index (χ3n) is 2.63. The number of benzene rings is 1. The molecule has 0 amide bonds. The van der Waals surface area contributed by atoms with Gasteiger partial charge in [-0.25, -0.2) is 0 Å². The van der Waals surface area contributed by atoms with Crippen molar-refractivity contribution in [2.45, 2.75) is 32.2 Å². The molecule has 0 saturated heterocycles. The molecular formula is C14H16O3. The summed E-state index contributed by atoms with van der Waals surface area (Å²) in [5.74, 6) is -0.247. The van der Waals surface area contributed by atoms with Crippen LogP contribution in [0.2, 0.25) is 0 Å². The van der Waals surface area contributed by atoms with Gasteiger partial charge in [-0.3, -0.25) is 4.79 Å². The van der Waals surface area contributed by atoms with E-state index in [-0.39, 0.29) is 18.2 Å². The molecule has 0 aromatic heterocycles. The van der Waals surface area contributed by atoms with Crippen molar-refractivity contribution < 1.29 is 14.3 Å². The summed E-state index contributed by atoms with van der Waals surface area (Å²) in [6.45, 7) is 2.01. The standard InChI is InChI=1S/C14H16O3/c1-11(15)17-14-8-7-13(9-14)16-10-12-5-3-2-4-6-12/h2-8,13-14H,9-10H2,1H3. The molecule has 2 rings (SSSR count). The fourth-order valence-electron chi connectivity index (χ4n) is 1.84. The SMILES string of the molecule is CC(=O)OC1C=CC(OCc2ccccc2)C1. The van der Waals surface area contributed by atoms with Gasteiger partial charge >= 0.3 is 5.97 Å². The second-order valence-electron chi connectivity index (χ2n) is 4.10. The van der Waals surface area contributed by atoms with Crippen LogP contribution in [0.4, 0.5) is 0 Å². The van der Waals surface area contributed by atoms with Crippen molar-refractivity contribution >= 4 is 5.97 Å². The Hall–Kier alpha value is -1.61. The van der Waals surface area contributed by atoms with Gasteiger partial charge in [0.25, 0.3) is 0 Å². The van der Waals surface area contributed by atoms with Gasteiger partial charge in [0.2, 0.25) is 0 Å². The number of esters is 1. The molecule has 0 aliphatic heterocycles. The Bertz CT molecular complexity index is 397. The molecule has 2 unspecified atom stereocenters. The molecule has 1 aromatic rings. The van der Waals surface area contributed by atoms with Crippen LogP contribution < -0.4 is 0 Å². The van der Waals surface area contributed by atoms with E-state index in [2.05, 4.69) is 0 Å². The molecule has 2 atom stereocenters. The largest absolute Gasteiger partial charge is 0.458 e. The summed E-state index contributed by atoms with van der Waals surface area (Å²) in [6, 6.07) is 10.0. The Kier molecular flexibility index (Phi) is 3.94. The maximum absolute atomic E-state index is 10.8. The Labute approximate surface area is 101 Å². The van der Waals surface area contributed by atoms with E-state index in [1.54, 1.807) is 0 Å². The van der Waals surface area contributed by atoms with Gasteiger partial charge in [-0.1, -0.05) is 36.4 Å². The predicted molar refractivity (Wildman–Crippen MR) is 64.3 cm³/mol. The lowest BCUT2D eigenvalue weighted by Crippen LogP contribution is -2.16. The molecule has 0 saturated carbocycles. The molecule has 1 aliphatic rings. The monoisotopic (exact) mass is 232 g/mol. The number of carbonyl (C=O) groups is 1. The summed E-state index contributed by atoms with van der Waals surface area (Å²) in [4.78, 5) is 10.8. The first-order chi connectivity index (χ1) is 8.24. The van der Waals surface area contributed by atoms with Crippen LogP contribution in [-0.2, 0) is 20.9 Å². The lowest BCUT2D eigenvalue weighted by Gasteiger charge is -2.13. The van der Waals surface area contributed by atoms with Crippen LogP contribution in [0.5, 0.6) is 0 Å². The zero-order valence-corrected chi connectivity index (χ0v) is 9.84. The first kappa shape index (κ1) is 11.9. The fraction of sp³-hybridized carbons (Fsp3) is 0.357. The van der Waals surface area contributed by atoms with E-state index in [1.165, 1.54) is 6.92 Å². The molecular weight excluding hydrogens is 216 g/mol. The number of rotatable bonds is 4. The molecule has 3 heteroatoms. The molecule has 0 spiro atoms. The molecule has 0 heterocycles. The zero-order valence-electron chi connectivity index (χ0n) is 9.84. The minimum Gasteiger partial charge on any atom is -0.458 e. The zero-order chi connectivity index (χ0) is 12.1.